The molecule has 1 atom stereocenters. The Kier molecular flexibility index (Phi) is 4.17. The van der Waals surface area contributed by atoms with Crippen molar-refractivity contribution in [3.8, 4) is 12.3 Å². The van der Waals surface area contributed by atoms with Crippen molar-refractivity contribution in [3.63, 3.8) is 0 Å². The van der Waals surface area contributed by atoms with E-state index in [1.54, 1.807) is 0 Å². The molecule has 0 amide bonds. The average molecular weight is 168 g/mol. The highest BCUT2D eigenvalue weighted by molar-refractivity contribution is 6.80. The first kappa shape index (κ1) is 10.5. The smallest absolute Gasteiger partial charge is 0.0826 e. The van der Waals surface area contributed by atoms with Gasteiger partial charge in [-0.2, -0.15) is 0 Å². The lowest BCUT2D eigenvalue weighted by Crippen LogP contribution is -2.17. The van der Waals surface area contributed by atoms with E-state index in [-0.39, 0.29) is 0 Å². The highest BCUT2D eigenvalue weighted by Crippen LogP contribution is 2.03. The largest absolute Gasteiger partial charge is 0.388 e. The molecule has 62 valence electrons. The molecule has 0 aromatic carbocycles. The summed E-state index contributed by atoms with van der Waals surface area (Å²) in [6.45, 7) is 6.64. The van der Waals surface area contributed by atoms with E-state index in [9.17, 15) is 5.11 Å². The number of rotatable bonds is 3. The maximum atomic E-state index is 9.21. The van der Waals surface area contributed by atoms with Gasteiger partial charge in [0.25, 0.3) is 0 Å². The summed E-state index contributed by atoms with van der Waals surface area (Å²) < 4.78 is 0. The lowest BCUT2D eigenvalue weighted by Gasteiger charge is -2.09. The van der Waals surface area contributed by atoms with Gasteiger partial charge in [0.05, 0.1) is 14.2 Å². The maximum absolute atomic E-state index is 9.21. The van der Waals surface area contributed by atoms with Crippen molar-refractivity contribution in [3.05, 3.63) is 11.8 Å². The maximum Gasteiger partial charge on any atom is 0.0826 e. The van der Waals surface area contributed by atoms with Gasteiger partial charge < -0.3 is 5.11 Å². The minimum Gasteiger partial charge on any atom is -0.388 e. The second-order valence-electron chi connectivity index (χ2n) is 3.70. The quantitative estimate of drug-likeness (QED) is 0.503. The van der Waals surface area contributed by atoms with Crippen molar-refractivity contribution in [2.45, 2.75) is 32.2 Å². The molecule has 0 heterocycles. The average Bonchev–Trinajstić information content (AvgIpc) is 1.83. The summed E-state index contributed by atoms with van der Waals surface area (Å²) in [4.78, 5) is 0. The first-order valence-electron chi connectivity index (χ1n) is 3.76. The van der Waals surface area contributed by atoms with Crippen LogP contribution < -0.4 is 0 Å². The summed E-state index contributed by atoms with van der Waals surface area (Å²) in [6.07, 6.45) is 6.81. The van der Waals surface area contributed by atoms with Crippen LogP contribution in [0, 0.1) is 12.3 Å². The Labute approximate surface area is 70.1 Å². The van der Waals surface area contributed by atoms with Crippen LogP contribution in [0.15, 0.2) is 11.8 Å². The van der Waals surface area contributed by atoms with E-state index in [0.29, 0.717) is 6.42 Å². The van der Waals surface area contributed by atoms with Crippen molar-refractivity contribution in [1.82, 2.24) is 0 Å². The summed E-state index contributed by atoms with van der Waals surface area (Å²) in [5.74, 6) is 2.42. The van der Waals surface area contributed by atoms with Crippen LogP contribution in [0.3, 0.4) is 0 Å². The lowest BCUT2D eigenvalue weighted by molar-refractivity contribution is 0.229. The molecule has 0 fully saturated rings. The van der Waals surface area contributed by atoms with Crippen LogP contribution in [0.25, 0.3) is 0 Å². The molecule has 1 unspecified atom stereocenters. The van der Waals surface area contributed by atoms with Gasteiger partial charge in [-0.05, 0) is 0 Å². The SMILES string of the molecule is C#CCC(O)C=C[Si](C)(C)C. The summed E-state index contributed by atoms with van der Waals surface area (Å²) in [5.41, 5.74) is 2.11. The Morgan fingerprint density at radius 2 is 2.09 bits per heavy atom. The van der Waals surface area contributed by atoms with E-state index >= 15 is 0 Å². The van der Waals surface area contributed by atoms with Crippen LogP contribution in [0.5, 0.6) is 0 Å². The molecule has 0 spiro atoms. The first-order valence-corrected chi connectivity index (χ1v) is 7.34. The van der Waals surface area contributed by atoms with Crippen LogP contribution in [0.2, 0.25) is 19.6 Å². The van der Waals surface area contributed by atoms with Crippen LogP contribution in [-0.2, 0) is 0 Å². The highest BCUT2D eigenvalue weighted by atomic mass is 28.3. The molecule has 0 aliphatic heterocycles. The molecular formula is C9H16OSi. The zero-order chi connectivity index (χ0) is 8.91. The second kappa shape index (κ2) is 4.37. The zero-order valence-electron chi connectivity index (χ0n) is 7.46. The standard InChI is InChI=1S/C9H16OSi/c1-5-6-9(10)7-8-11(2,3)4/h1,7-10H,6H2,2-4H3. The molecule has 0 radical (unpaired) electrons. The van der Waals surface area contributed by atoms with Gasteiger partial charge in [0.15, 0.2) is 0 Å². The lowest BCUT2D eigenvalue weighted by atomic mass is 10.3. The molecule has 0 aliphatic carbocycles. The Hall–Kier alpha value is -0.523. The molecule has 0 aliphatic rings. The minimum atomic E-state index is -1.16. The van der Waals surface area contributed by atoms with Crippen molar-refractivity contribution >= 4 is 8.07 Å². The molecule has 0 aromatic heterocycles. The van der Waals surface area contributed by atoms with E-state index in [1.807, 2.05) is 6.08 Å². The number of terminal acetylenes is 1. The summed E-state index contributed by atoms with van der Waals surface area (Å²) in [7, 11) is -1.16. The van der Waals surface area contributed by atoms with E-state index in [4.69, 9.17) is 6.42 Å². The van der Waals surface area contributed by atoms with E-state index < -0.39 is 14.2 Å². The van der Waals surface area contributed by atoms with Crippen molar-refractivity contribution < 1.29 is 5.11 Å². The van der Waals surface area contributed by atoms with Gasteiger partial charge in [-0.15, -0.1) is 12.3 Å². The van der Waals surface area contributed by atoms with Crippen molar-refractivity contribution in [2.24, 2.45) is 0 Å². The number of hydrogen-bond donors (Lipinski definition) is 1. The minimum absolute atomic E-state index is 0.418. The van der Waals surface area contributed by atoms with E-state index in [1.165, 1.54) is 0 Å². The predicted molar refractivity (Wildman–Crippen MR) is 51.9 cm³/mol. The van der Waals surface area contributed by atoms with Crippen LogP contribution in [-0.4, -0.2) is 19.3 Å². The number of hydrogen-bond acceptors (Lipinski definition) is 1. The normalized spacial score (nSPS) is 14.8. The molecule has 1 nitrogen and oxygen atoms in total. The topological polar surface area (TPSA) is 20.2 Å². The molecule has 2 heteroatoms. The molecule has 1 N–H and O–H groups in total. The Balaban J connectivity index is 3.85. The molecule has 0 saturated heterocycles. The summed E-state index contributed by atoms with van der Waals surface area (Å²) in [5, 5.41) is 9.21. The zero-order valence-corrected chi connectivity index (χ0v) is 8.46. The van der Waals surface area contributed by atoms with Gasteiger partial charge in [0.2, 0.25) is 0 Å². The molecule has 0 aromatic rings. The van der Waals surface area contributed by atoms with Crippen LogP contribution in [0.1, 0.15) is 6.42 Å². The number of aliphatic hydroxyl groups is 1. The third-order valence-corrected chi connectivity index (χ3v) is 2.34. The molecule has 0 saturated carbocycles. The van der Waals surface area contributed by atoms with Crippen molar-refractivity contribution in [2.75, 3.05) is 0 Å². The second-order valence-corrected chi connectivity index (χ2v) is 8.77. The fraction of sp³-hybridized carbons (Fsp3) is 0.556. The fourth-order valence-electron chi connectivity index (χ4n) is 0.589. The van der Waals surface area contributed by atoms with E-state index in [0.717, 1.165) is 0 Å². The summed E-state index contributed by atoms with van der Waals surface area (Å²) >= 11 is 0. The van der Waals surface area contributed by atoms with Gasteiger partial charge >= 0.3 is 0 Å². The number of aliphatic hydroxyl groups excluding tert-OH is 1. The van der Waals surface area contributed by atoms with E-state index in [2.05, 4.69) is 31.3 Å². The Bertz CT molecular complexity index is 171. The predicted octanol–water partition coefficient (Wildman–Crippen LogP) is 1.80. The highest BCUT2D eigenvalue weighted by Gasteiger charge is 2.07. The monoisotopic (exact) mass is 168 g/mol. The first-order chi connectivity index (χ1) is 4.95. The Morgan fingerprint density at radius 1 is 1.55 bits per heavy atom. The van der Waals surface area contributed by atoms with Gasteiger partial charge in [-0.25, -0.2) is 0 Å². The van der Waals surface area contributed by atoms with Gasteiger partial charge in [0, 0.05) is 6.42 Å². The molecule has 11 heavy (non-hydrogen) atoms. The molecular weight excluding hydrogens is 152 g/mol. The van der Waals surface area contributed by atoms with Gasteiger partial charge in [-0.1, -0.05) is 31.4 Å². The van der Waals surface area contributed by atoms with Crippen LogP contribution >= 0.6 is 0 Å². The molecule has 0 bridgehead atoms. The third kappa shape index (κ3) is 7.37. The summed E-state index contributed by atoms with van der Waals surface area (Å²) in [6, 6.07) is 0. The van der Waals surface area contributed by atoms with Gasteiger partial charge in [-0.3, -0.25) is 0 Å². The molecule has 0 rings (SSSR count). The van der Waals surface area contributed by atoms with Crippen molar-refractivity contribution in [1.29, 1.82) is 0 Å². The van der Waals surface area contributed by atoms with Crippen LogP contribution in [0.4, 0.5) is 0 Å². The Morgan fingerprint density at radius 3 is 2.45 bits per heavy atom. The third-order valence-electron chi connectivity index (χ3n) is 1.15. The fourth-order valence-corrected chi connectivity index (χ4v) is 1.39. The van der Waals surface area contributed by atoms with Gasteiger partial charge in [0.1, 0.15) is 0 Å².